The zero-order chi connectivity index (χ0) is 19.2. The fourth-order valence-electron chi connectivity index (χ4n) is 2.82. The van der Waals surface area contributed by atoms with Gasteiger partial charge in [-0.15, -0.1) is 11.8 Å². The second kappa shape index (κ2) is 8.68. The number of hydrogen-bond acceptors (Lipinski definition) is 5. The first-order valence-electron chi connectivity index (χ1n) is 8.54. The van der Waals surface area contributed by atoms with Gasteiger partial charge in [-0.1, -0.05) is 12.1 Å². The zero-order valence-electron chi connectivity index (χ0n) is 14.6. The fourth-order valence-corrected chi connectivity index (χ4v) is 3.61. The summed E-state index contributed by atoms with van der Waals surface area (Å²) >= 11 is 1.44. The molecule has 0 bridgehead atoms. The number of nitrogens with one attached hydrogen (secondary N) is 1. The lowest BCUT2D eigenvalue weighted by atomic mass is 10.2. The lowest BCUT2D eigenvalue weighted by Crippen LogP contribution is -2.23. The van der Waals surface area contributed by atoms with E-state index >= 15 is 0 Å². The molecule has 8 heteroatoms. The zero-order valence-corrected chi connectivity index (χ0v) is 15.4. The van der Waals surface area contributed by atoms with Gasteiger partial charge in [0.05, 0.1) is 10.7 Å². The topological polar surface area (TPSA) is 92.5 Å². The quantitative estimate of drug-likeness (QED) is 0.581. The molecule has 2 aromatic rings. The number of benzene rings is 2. The second-order valence-electron chi connectivity index (χ2n) is 6.16. The molecule has 1 N–H and O–H groups in total. The van der Waals surface area contributed by atoms with Crippen LogP contribution in [0.5, 0.6) is 0 Å². The number of nitro benzene ring substituents is 1. The maximum atomic E-state index is 12.1. The largest absolute Gasteiger partial charge is 0.325 e. The van der Waals surface area contributed by atoms with Gasteiger partial charge < -0.3 is 10.2 Å². The summed E-state index contributed by atoms with van der Waals surface area (Å²) in [5.74, 6) is 0.895. The summed E-state index contributed by atoms with van der Waals surface area (Å²) in [7, 11) is 0. The van der Waals surface area contributed by atoms with Crippen LogP contribution >= 0.6 is 11.8 Å². The molecule has 0 aromatic heterocycles. The first-order valence-corrected chi connectivity index (χ1v) is 9.70. The predicted molar refractivity (Wildman–Crippen MR) is 106 cm³/mol. The summed E-state index contributed by atoms with van der Waals surface area (Å²) in [6, 6.07) is 13.6. The van der Waals surface area contributed by atoms with Crippen LogP contribution in [0.1, 0.15) is 18.4 Å². The number of amides is 2. The molecule has 0 unspecified atom stereocenters. The standard InChI is InChI=1S/C19H19N3O4S/c23-18(13-27-12-14-3-7-17(8-4-14)22(25)26)20-15-5-9-16(10-6-15)21-11-1-2-19(21)24/h3-10H,1-2,11-13H2,(H,20,23). The molecule has 1 heterocycles. The lowest BCUT2D eigenvalue weighted by molar-refractivity contribution is -0.384. The minimum atomic E-state index is -0.435. The van der Waals surface area contributed by atoms with Crippen LogP contribution in [0.25, 0.3) is 0 Å². The Balaban J connectivity index is 1.45. The van der Waals surface area contributed by atoms with E-state index < -0.39 is 4.92 Å². The van der Waals surface area contributed by atoms with Crippen molar-refractivity contribution in [3.8, 4) is 0 Å². The number of thioether (sulfide) groups is 1. The van der Waals surface area contributed by atoms with E-state index in [2.05, 4.69) is 5.32 Å². The van der Waals surface area contributed by atoms with Gasteiger partial charge in [-0.05, 0) is 36.2 Å². The average molecular weight is 385 g/mol. The van der Waals surface area contributed by atoms with Crippen molar-refractivity contribution in [2.75, 3.05) is 22.5 Å². The van der Waals surface area contributed by atoms with E-state index in [0.29, 0.717) is 17.9 Å². The van der Waals surface area contributed by atoms with Crippen molar-refractivity contribution in [2.24, 2.45) is 0 Å². The number of anilines is 2. The highest BCUT2D eigenvalue weighted by Gasteiger charge is 2.21. The van der Waals surface area contributed by atoms with Crippen LogP contribution in [-0.4, -0.2) is 29.0 Å². The van der Waals surface area contributed by atoms with Gasteiger partial charge in [-0.25, -0.2) is 0 Å². The van der Waals surface area contributed by atoms with Gasteiger partial charge in [0.25, 0.3) is 5.69 Å². The maximum absolute atomic E-state index is 12.1. The molecule has 1 fully saturated rings. The second-order valence-corrected chi connectivity index (χ2v) is 7.15. The third kappa shape index (κ3) is 5.07. The van der Waals surface area contributed by atoms with Gasteiger partial charge in [0, 0.05) is 42.2 Å². The molecule has 7 nitrogen and oxygen atoms in total. The van der Waals surface area contributed by atoms with Crippen molar-refractivity contribution in [2.45, 2.75) is 18.6 Å². The van der Waals surface area contributed by atoms with Crippen LogP contribution in [0.4, 0.5) is 17.1 Å². The minimum Gasteiger partial charge on any atom is -0.325 e. The molecule has 3 rings (SSSR count). The van der Waals surface area contributed by atoms with Crippen molar-refractivity contribution < 1.29 is 14.5 Å². The molecule has 2 amide bonds. The fraction of sp³-hybridized carbons (Fsp3) is 0.263. The van der Waals surface area contributed by atoms with Crippen molar-refractivity contribution in [1.82, 2.24) is 0 Å². The van der Waals surface area contributed by atoms with Gasteiger partial charge >= 0.3 is 0 Å². The van der Waals surface area contributed by atoms with E-state index in [9.17, 15) is 19.7 Å². The molecular formula is C19H19N3O4S. The number of nitro groups is 1. The van der Waals surface area contributed by atoms with Crippen LogP contribution in [0.15, 0.2) is 48.5 Å². The summed E-state index contributed by atoms with van der Waals surface area (Å²) in [5, 5.41) is 13.5. The monoisotopic (exact) mass is 385 g/mol. The molecule has 2 aromatic carbocycles. The number of non-ortho nitro benzene ring substituents is 1. The normalized spacial score (nSPS) is 13.6. The van der Waals surface area contributed by atoms with E-state index in [0.717, 1.165) is 24.2 Å². The highest BCUT2D eigenvalue weighted by molar-refractivity contribution is 7.99. The van der Waals surface area contributed by atoms with Crippen LogP contribution in [0, 0.1) is 10.1 Å². The van der Waals surface area contributed by atoms with E-state index in [1.165, 1.54) is 23.9 Å². The third-order valence-electron chi connectivity index (χ3n) is 4.19. The Morgan fingerprint density at radius 3 is 2.44 bits per heavy atom. The molecule has 0 radical (unpaired) electrons. The first-order chi connectivity index (χ1) is 13.0. The number of hydrogen-bond donors (Lipinski definition) is 1. The number of carbonyl (C=O) groups excluding carboxylic acids is 2. The summed E-state index contributed by atoms with van der Waals surface area (Å²) < 4.78 is 0. The summed E-state index contributed by atoms with van der Waals surface area (Å²) in [6.45, 7) is 0.740. The van der Waals surface area contributed by atoms with E-state index in [1.54, 1.807) is 29.2 Å². The molecule has 0 aliphatic carbocycles. The number of rotatable bonds is 7. The van der Waals surface area contributed by atoms with Gasteiger partial charge in [-0.2, -0.15) is 0 Å². The molecule has 140 valence electrons. The third-order valence-corrected chi connectivity index (χ3v) is 5.19. The Morgan fingerprint density at radius 1 is 1.15 bits per heavy atom. The van der Waals surface area contributed by atoms with Crippen molar-refractivity contribution in [3.63, 3.8) is 0 Å². The van der Waals surface area contributed by atoms with Crippen LogP contribution in [0.2, 0.25) is 0 Å². The molecule has 1 saturated heterocycles. The highest BCUT2D eigenvalue weighted by Crippen LogP contribution is 2.23. The summed E-state index contributed by atoms with van der Waals surface area (Å²) in [4.78, 5) is 35.7. The molecule has 0 atom stereocenters. The predicted octanol–water partition coefficient (Wildman–Crippen LogP) is 3.59. The minimum absolute atomic E-state index is 0.0561. The van der Waals surface area contributed by atoms with Crippen LogP contribution < -0.4 is 10.2 Å². The van der Waals surface area contributed by atoms with Gasteiger partial charge in [0.2, 0.25) is 11.8 Å². The van der Waals surface area contributed by atoms with Crippen molar-refractivity contribution >= 4 is 40.6 Å². The summed E-state index contributed by atoms with van der Waals surface area (Å²) in [6.07, 6.45) is 1.47. The van der Waals surface area contributed by atoms with Crippen LogP contribution in [0.3, 0.4) is 0 Å². The Morgan fingerprint density at radius 2 is 1.85 bits per heavy atom. The highest BCUT2D eigenvalue weighted by atomic mass is 32.2. The van der Waals surface area contributed by atoms with E-state index in [4.69, 9.17) is 0 Å². The van der Waals surface area contributed by atoms with Crippen molar-refractivity contribution in [1.29, 1.82) is 0 Å². The van der Waals surface area contributed by atoms with E-state index in [1.807, 2.05) is 12.1 Å². The lowest BCUT2D eigenvalue weighted by Gasteiger charge is -2.16. The molecule has 0 spiro atoms. The SMILES string of the molecule is O=C(CSCc1ccc([N+](=O)[O-])cc1)Nc1ccc(N2CCCC2=O)cc1. The molecule has 1 aliphatic heterocycles. The first kappa shape index (κ1) is 18.9. The van der Waals surface area contributed by atoms with Gasteiger partial charge in [-0.3, -0.25) is 19.7 Å². The molecule has 1 aliphatic rings. The molecular weight excluding hydrogens is 366 g/mol. The number of carbonyl (C=O) groups is 2. The Hall–Kier alpha value is -2.87. The average Bonchev–Trinajstić information content (AvgIpc) is 3.09. The molecule has 27 heavy (non-hydrogen) atoms. The Kier molecular flexibility index (Phi) is 6.08. The van der Waals surface area contributed by atoms with Crippen LogP contribution in [-0.2, 0) is 15.3 Å². The number of nitrogens with zero attached hydrogens (tertiary/aromatic N) is 2. The van der Waals surface area contributed by atoms with E-state index in [-0.39, 0.29) is 23.3 Å². The van der Waals surface area contributed by atoms with Gasteiger partial charge in [0.15, 0.2) is 0 Å². The molecule has 0 saturated carbocycles. The maximum Gasteiger partial charge on any atom is 0.269 e. The smallest absolute Gasteiger partial charge is 0.269 e. The Labute approximate surface area is 160 Å². The van der Waals surface area contributed by atoms with Crippen molar-refractivity contribution in [3.05, 3.63) is 64.2 Å². The Bertz CT molecular complexity index is 837. The van der Waals surface area contributed by atoms with Gasteiger partial charge in [0.1, 0.15) is 0 Å². The summed E-state index contributed by atoms with van der Waals surface area (Å²) in [5.41, 5.74) is 2.52.